The molecule has 1 unspecified atom stereocenters. The summed E-state index contributed by atoms with van der Waals surface area (Å²) in [4.78, 5) is 28.6. The van der Waals surface area contributed by atoms with Crippen molar-refractivity contribution >= 4 is 12.6 Å². The maximum atomic E-state index is 11.6. The van der Waals surface area contributed by atoms with Crippen LogP contribution in [0.25, 0.3) is 0 Å². The summed E-state index contributed by atoms with van der Waals surface area (Å²) in [7, 11) is 2.13. The Labute approximate surface area is 130 Å². The number of likely N-dealkylation sites (N-methyl/N-ethyl adjacent to an activating group) is 1. The van der Waals surface area contributed by atoms with Gasteiger partial charge in [0.1, 0.15) is 5.82 Å². The van der Waals surface area contributed by atoms with Crippen LogP contribution in [-0.2, 0) is 16.1 Å². The van der Waals surface area contributed by atoms with E-state index >= 15 is 0 Å². The van der Waals surface area contributed by atoms with Gasteiger partial charge in [0.05, 0.1) is 6.04 Å². The second-order valence-electron chi connectivity index (χ2n) is 6.08. The zero-order valence-electron chi connectivity index (χ0n) is 13.4. The van der Waals surface area contributed by atoms with Gasteiger partial charge in [-0.2, -0.15) is 0 Å². The van der Waals surface area contributed by atoms with Crippen LogP contribution in [0.2, 0.25) is 0 Å². The number of imidazole rings is 1. The van der Waals surface area contributed by atoms with E-state index in [9.17, 15) is 9.59 Å². The first-order chi connectivity index (χ1) is 10.5. The van der Waals surface area contributed by atoms with Gasteiger partial charge in [0, 0.05) is 25.0 Å². The van der Waals surface area contributed by atoms with E-state index < -0.39 is 6.09 Å². The molecule has 0 saturated carbocycles. The molecule has 1 fully saturated rings. The van der Waals surface area contributed by atoms with Crippen LogP contribution in [-0.4, -0.2) is 46.7 Å². The third kappa shape index (κ3) is 3.85. The van der Waals surface area contributed by atoms with E-state index in [1.807, 2.05) is 20.0 Å². The number of aromatic nitrogens is 2. The third-order valence-electron chi connectivity index (χ3n) is 4.20. The number of rotatable bonds is 6. The van der Waals surface area contributed by atoms with Crippen LogP contribution in [0.5, 0.6) is 0 Å². The first-order valence-electron chi connectivity index (χ1n) is 7.65. The number of hydrogen-bond donors (Lipinski definition) is 1. The zero-order chi connectivity index (χ0) is 16.1. The van der Waals surface area contributed by atoms with E-state index in [2.05, 4.69) is 31.6 Å². The van der Waals surface area contributed by atoms with Gasteiger partial charge < -0.3 is 19.5 Å². The maximum Gasteiger partial charge on any atom is 0.415 e. The Morgan fingerprint density at radius 3 is 2.95 bits per heavy atom. The molecule has 7 nitrogen and oxygen atoms in total. The first kappa shape index (κ1) is 16.5. The van der Waals surface area contributed by atoms with Gasteiger partial charge in [0.15, 0.2) is 0 Å². The summed E-state index contributed by atoms with van der Waals surface area (Å²) in [5.74, 6) is 0.916. The number of carbonyl (C=O) groups excluding carboxylic acids is 2. The van der Waals surface area contributed by atoms with Crippen molar-refractivity contribution in [2.24, 2.45) is 5.92 Å². The molecule has 0 aliphatic carbocycles. The van der Waals surface area contributed by atoms with Crippen LogP contribution in [0.3, 0.4) is 0 Å². The zero-order valence-corrected chi connectivity index (χ0v) is 13.4. The molecule has 0 spiro atoms. The molecule has 7 heteroatoms. The van der Waals surface area contributed by atoms with Gasteiger partial charge >= 0.3 is 12.6 Å². The summed E-state index contributed by atoms with van der Waals surface area (Å²) >= 11 is 0. The van der Waals surface area contributed by atoms with Gasteiger partial charge in [-0.3, -0.25) is 4.79 Å². The normalized spacial score (nSPS) is 20.1. The summed E-state index contributed by atoms with van der Waals surface area (Å²) < 4.78 is 6.42. The van der Waals surface area contributed by atoms with Gasteiger partial charge in [-0.25, -0.2) is 9.78 Å². The van der Waals surface area contributed by atoms with Crippen molar-refractivity contribution in [2.75, 3.05) is 13.6 Å². The van der Waals surface area contributed by atoms with Crippen LogP contribution < -0.4 is 5.32 Å². The van der Waals surface area contributed by atoms with Gasteiger partial charge in [0.2, 0.25) is 0 Å². The smallest absolute Gasteiger partial charge is 0.379 e. The maximum absolute atomic E-state index is 11.6. The molecule has 122 valence electrons. The molecule has 2 heterocycles. The summed E-state index contributed by atoms with van der Waals surface area (Å²) in [5.41, 5.74) is 0. The number of ether oxygens (including phenoxy) is 1. The van der Waals surface area contributed by atoms with E-state index in [0.717, 1.165) is 18.9 Å². The van der Waals surface area contributed by atoms with E-state index in [1.165, 1.54) is 12.8 Å². The number of carbonyl (C=O) groups is 2. The SMILES string of the molecule is CC(C)C(NC(=O)OC=O)c1nccn1C[C@@H]1CCCN1C. The molecular formula is C15H24N4O3. The molecule has 2 rings (SSSR count). The van der Waals surface area contributed by atoms with Crippen LogP contribution in [0, 0.1) is 5.92 Å². The second kappa shape index (κ2) is 7.40. The summed E-state index contributed by atoms with van der Waals surface area (Å²) in [6.07, 6.45) is 5.31. The molecule has 1 aliphatic rings. The lowest BCUT2D eigenvalue weighted by molar-refractivity contribution is -0.123. The largest absolute Gasteiger partial charge is 0.415 e. The van der Waals surface area contributed by atoms with Crippen LogP contribution in [0.15, 0.2) is 12.4 Å². The average Bonchev–Trinajstić information content (AvgIpc) is 3.07. The predicted molar refractivity (Wildman–Crippen MR) is 81.1 cm³/mol. The van der Waals surface area contributed by atoms with Crippen molar-refractivity contribution in [3.8, 4) is 0 Å². The monoisotopic (exact) mass is 308 g/mol. The number of likely N-dealkylation sites (tertiary alicyclic amines) is 1. The standard InChI is InChI=1S/C15H24N4O3/c1-11(2)13(17-15(21)22-10-20)14-16-6-8-19(14)9-12-5-4-7-18(12)3/h6,8,10-13H,4-5,7,9H2,1-3H3,(H,17,21)/t12-,13?/m0/s1. The highest BCUT2D eigenvalue weighted by Gasteiger charge is 2.26. The predicted octanol–water partition coefficient (Wildman–Crippen LogP) is 1.56. The first-order valence-corrected chi connectivity index (χ1v) is 7.65. The van der Waals surface area contributed by atoms with E-state index in [4.69, 9.17) is 0 Å². The molecule has 22 heavy (non-hydrogen) atoms. The summed E-state index contributed by atoms with van der Waals surface area (Å²) in [6.45, 7) is 6.08. The Morgan fingerprint density at radius 2 is 2.36 bits per heavy atom. The van der Waals surface area contributed by atoms with Crippen molar-refractivity contribution < 1.29 is 14.3 Å². The molecule has 2 atom stereocenters. The van der Waals surface area contributed by atoms with Crippen molar-refractivity contribution in [1.82, 2.24) is 19.8 Å². The minimum atomic E-state index is -0.749. The lowest BCUT2D eigenvalue weighted by Crippen LogP contribution is -2.35. The minimum absolute atomic E-state index is 0.127. The highest BCUT2D eigenvalue weighted by atomic mass is 16.6. The molecule has 1 aromatic heterocycles. The fourth-order valence-electron chi connectivity index (χ4n) is 2.93. The fourth-order valence-corrected chi connectivity index (χ4v) is 2.93. The molecule has 0 radical (unpaired) electrons. The third-order valence-corrected chi connectivity index (χ3v) is 4.20. The summed E-state index contributed by atoms with van der Waals surface area (Å²) in [6, 6.07) is 0.192. The molecule has 0 bridgehead atoms. The highest BCUT2D eigenvalue weighted by Crippen LogP contribution is 2.23. The van der Waals surface area contributed by atoms with Crippen LogP contribution in [0.4, 0.5) is 4.79 Å². The Kier molecular flexibility index (Phi) is 5.54. The van der Waals surface area contributed by atoms with Gasteiger partial charge in [-0.05, 0) is 32.4 Å². The quantitative estimate of drug-likeness (QED) is 0.637. The molecule has 1 amide bonds. The number of nitrogens with one attached hydrogen (secondary N) is 1. The van der Waals surface area contributed by atoms with Crippen molar-refractivity contribution in [1.29, 1.82) is 0 Å². The second-order valence-corrected chi connectivity index (χ2v) is 6.08. The fraction of sp³-hybridized carbons (Fsp3) is 0.667. The lowest BCUT2D eigenvalue weighted by atomic mass is 10.0. The molecule has 1 saturated heterocycles. The molecule has 1 N–H and O–H groups in total. The Bertz CT molecular complexity index is 515. The average molecular weight is 308 g/mol. The molecule has 1 aliphatic heterocycles. The number of hydrogen-bond acceptors (Lipinski definition) is 5. The number of alkyl carbamates (subject to hydrolysis) is 1. The molecular weight excluding hydrogens is 284 g/mol. The molecule has 0 aromatic carbocycles. The van der Waals surface area contributed by atoms with E-state index in [0.29, 0.717) is 6.04 Å². The van der Waals surface area contributed by atoms with Gasteiger partial charge in [0.25, 0.3) is 0 Å². The Hall–Kier alpha value is -1.89. The van der Waals surface area contributed by atoms with E-state index in [1.54, 1.807) is 6.20 Å². The lowest BCUT2D eigenvalue weighted by Gasteiger charge is -2.25. The molecule has 1 aromatic rings. The van der Waals surface area contributed by atoms with Crippen molar-refractivity contribution in [2.45, 2.75) is 45.3 Å². The van der Waals surface area contributed by atoms with Crippen LogP contribution in [0.1, 0.15) is 38.6 Å². The van der Waals surface area contributed by atoms with Crippen LogP contribution >= 0.6 is 0 Å². The van der Waals surface area contributed by atoms with E-state index in [-0.39, 0.29) is 18.4 Å². The van der Waals surface area contributed by atoms with Gasteiger partial charge in [-0.1, -0.05) is 13.8 Å². The Morgan fingerprint density at radius 1 is 1.59 bits per heavy atom. The Balaban J connectivity index is 2.13. The van der Waals surface area contributed by atoms with Gasteiger partial charge in [-0.15, -0.1) is 0 Å². The topological polar surface area (TPSA) is 76.5 Å². The van der Waals surface area contributed by atoms with Crippen molar-refractivity contribution in [3.05, 3.63) is 18.2 Å². The number of nitrogens with zero attached hydrogens (tertiary/aromatic N) is 3. The van der Waals surface area contributed by atoms with Crippen molar-refractivity contribution in [3.63, 3.8) is 0 Å². The summed E-state index contributed by atoms with van der Waals surface area (Å²) in [5, 5.41) is 2.71. The highest BCUT2D eigenvalue weighted by molar-refractivity contribution is 5.74. The minimum Gasteiger partial charge on any atom is -0.379 e. The number of amides is 1.